The summed E-state index contributed by atoms with van der Waals surface area (Å²) < 4.78 is 0.153. The summed E-state index contributed by atoms with van der Waals surface area (Å²) in [7, 11) is 0. The number of carboxylic acids is 1. The minimum atomic E-state index is -1.07. The molecule has 0 aromatic heterocycles. The molecule has 2 N–H and O–H groups in total. The highest BCUT2D eigenvalue weighted by molar-refractivity contribution is 8.00. The van der Waals surface area contributed by atoms with E-state index in [1.807, 2.05) is 6.26 Å². The second kappa shape index (κ2) is 5.82. The number of carbonyl (C=O) groups excluding carboxylic acids is 1. The van der Waals surface area contributed by atoms with Crippen molar-refractivity contribution in [1.29, 1.82) is 0 Å². The molecule has 0 aromatic carbocycles. The molecule has 0 radical (unpaired) electrons. The van der Waals surface area contributed by atoms with Crippen LogP contribution in [0.5, 0.6) is 0 Å². The van der Waals surface area contributed by atoms with E-state index >= 15 is 0 Å². The van der Waals surface area contributed by atoms with Gasteiger partial charge in [-0.25, -0.2) is 4.79 Å². The Kier molecular flexibility index (Phi) is 4.70. The Bertz CT molecular complexity index is 347. The SMILES string of the molecule is C#CCN(CC(=O)O)C(=O)NCC1(SC)CC1. The fourth-order valence-corrected chi connectivity index (χ4v) is 2.14. The van der Waals surface area contributed by atoms with Crippen molar-refractivity contribution < 1.29 is 14.7 Å². The van der Waals surface area contributed by atoms with Crippen molar-refractivity contribution in [2.24, 2.45) is 0 Å². The lowest BCUT2D eigenvalue weighted by molar-refractivity contribution is -0.137. The van der Waals surface area contributed by atoms with Gasteiger partial charge in [0, 0.05) is 11.3 Å². The highest BCUT2D eigenvalue weighted by Gasteiger charge is 2.42. The lowest BCUT2D eigenvalue weighted by Gasteiger charge is -2.20. The molecule has 1 fully saturated rings. The normalized spacial score (nSPS) is 15.8. The van der Waals surface area contributed by atoms with Gasteiger partial charge >= 0.3 is 12.0 Å². The van der Waals surface area contributed by atoms with E-state index < -0.39 is 12.0 Å². The number of hydrogen-bond donors (Lipinski definition) is 2. The van der Waals surface area contributed by atoms with Crippen molar-refractivity contribution in [3.63, 3.8) is 0 Å². The fourth-order valence-electron chi connectivity index (χ4n) is 1.41. The zero-order valence-corrected chi connectivity index (χ0v) is 10.5. The number of terminal acetylenes is 1. The monoisotopic (exact) mass is 256 g/mol. The second-order valence-corrected chi connectivity index (χ2v) is 5.27. The van der Waals surface area contributed by atoms with Crippen LogP contribution in [0.1, 0.15) is 12.8 Å². The van der Waals surface area contributed by atoms with Crippen LogP contribution >= 0.6 is 11.8 Å². The predicted octanol–water partition coefficient (Wildman–Crippen LogP) is 0.611. The molecule has 0 aliphatic heterocycles. The Balaban J connectivity index is 2.42. The van der Waals surface area contributed by atoms with E-state index in [-0.39, 0.29) is 17.8 Å². The maximum absolute atomic E-state index is 11.7. The third-order valence-corrected chi connectivity index (χ3v) is 4.12. The first kappa shape index (κ1) is 13.7. The number of nitrogens with zero attached hydrogens (tertiary/aromatic N) is 1. The van der Waals surface area contributed by atoms with Gasteiger partial charge in [0.05, 0.1) is 6.54 Å². The molecule has 1 aliphatic rings. The molecule has 0 atom stereocenters. The number of thioether (sulfide) groups is 1. The van der Waals surface area contributed by atoms with Gasteiger partial charge in [-0.05, 0) is 19.1 Å². The van der Waals surface area contributed by atoms with Crippen LogP contribution in [-0.4, -0.2) is 52.6 Å². The number of hydrogen-bond acceptors (Lipinski definition) is 3. The lowest BCUT2D eigenvalue weighted by Crippen LogP contribution is -2.45. The van der Waals surface area contributed by atoms with Gasteiger partial charge in [0.25, 0.3) is 0 Å². The first-order chi connectivity index (χ1) is 8.03. The van der Waals surface area contributed by atoms with Gasteiger partial charge in [-0.2, -0.15) is 11.8 Å². The van der Waals surface area contributed by atoms with E-state index in [1.54, 1.807) is 11.8 Å². The first-order valence-corrected chi connectivity index (χ1v) is 6.49. The summed E-state index contributed by atoms with van der Waals surface area (Å²) in [5, 5.41) is 11.4. The van der Waals surface area contributed by atoms with Crippen LogP contribution in [0.4, 0.5) is 4.79 Å². The Hall–Kier alpha value is -1.35. The van der Waals surface area contributed by atoms with Crippen LogP contribution in [0.2, 0.25) is 0 Å². The van der Waals surface area contributed by atoms with Crippen molar-refractivity contribution in [2.75, 3.05) is 25.9 Å². The number of carboxylic acid groups (broad SMARTS) is 1. The summed E-state index contributed by atoms with van der Waals surface area (Å²) in [6.07, 6.45) is 9.28. The first-order valence-electron chi connectivity index (χ1n) is 5.26. The molecule has 0 heterocycles. The van der Waals surface area contributed by atoms with E-state index in [9.17, 15) is 9.59 Å². The Morgan fingerprint density at radius 1 is 1.59 bits per heavy atom. The van der Waals surface area contributed by atoms with Gasteiger partial charge in [0.2, 0.25) is 0 Å². The van der Waals surface area contributed by atoms with Gasteiger partial charge in [-0.3, -0.25) is 4.79 Å². The summed E-state index contributed by atoms with van der Waals surface area (Å²) >= 11 is 1.73. The summed E-state index contributed by atoms with van der Waals surface area (Å²) in [6.45, 7) is 0.195. The number of aliphatic carboxylic acids is 1. The van der Waals surface area contributed by atoms with Gasteiger partial charge < -0.3 is 15.3 Å². The fraction of sp³-hybridized carbons (Fsp3) is 0.636. The third-order valence-electron chi connectivity index (χ3n) is 2.70. The van der Waals surface area contributed by atoms with E-state index in [4.69, 9.17) is 11.5 Å². The third kappa shape index (κ3) is 4.19. The largest absolute Gasteiger partial charge is 0.480 e. The molecule has 0 unspecified atom stereocenters. The van der Waals surface area contributed by atoms with Crippen molar-refractivity contribution in [3.05, 3.63) is 0 Å². The van der Waals surface area contributed by atoms with Gasteiger partial charge in [0.1, 0.15) is 6.54 Å². The van der Waals surface area contributed by atoms with Gasteiger partial charge in [-0.1, -0.05) is 5.92 Å². The van der Waals surface area contributed by atoms with Crippen LogP contribution in [0.3, 0.4) is 0 Å². The highest BCUT2D eigenvalue weighted by Crippen LogP contribution is 2.46. The second-order valence-electron chi connectivity index (χ2n) is 4.00. The van der Waals surface area contributed by atoms with Crippen molar-refractivity contribution in [1.82, 2.24) is 10.2 Å². The average Bonchev–Trinajstić information content (AvgIpc) is 3.05. The van der Waals surface area contributed by atoms with Crippen LogP contribution in [0.25, 0.3) is 0 Å². The molecule has 1 rings (SSSR count). The Morgan fingerprint density at radius 2 is 2.24 bits per heavy atom. The molecule has 1 aliphatic carbocycles. The Labute approximate surface area is 105 Å². The molecule has 6 heteroatoms. The maximum Gasteiger partial charge on any atom is 0.323 e. The van der Waals surface area contributed by atoms with Crippen molar-refractivity contribution >= 4 is 23.8 Å². The molecule has 0 saturated heterocycles. The maximum atomic E-state index is 11.7. The molecule has 1 saturated carbocycles. The number of rotatable bonds is 6. The average molecular weight is 256 g/mol. The van der Waals surface area contributed by atoms with E-state index in [0.29, 0.717) is 6.54 Å². The standard InChI is InChI=1S/C11H16N2O3S/c1-3-6-13(7-9(14)15)10(16)12-8-11(17-2)4-5-11/h1H,4-8H2,2H3,(H,12,16)(H,14,15). The molecular weight excluding hydrogens is 240 g/mol. The molecular formula is C11H16N2O3S. The smallest absolute Gasteiger partial charge is 0.323 e. The summed E-state index contributed by atoms with van der Waals surface area (Å²) in [5.41, 5.74) is 0. The van der Waals surface area contributed by atoms with Crippen molar-refractivity contribution in [3.8, 4) is 12.3 Å². The number of amides is 2. The zero-order valence-electron chi connectivity index (χ0n) is 9.73. The molecule has 94 valence electrons. The quantitative estimate of drug-likeness (QED) is 0.683. The van der Waals surface area contributed by atoms with Crippen molar-refractivity contribution in [2.45, 2.75) is 17.6 Å². The van der Waals surface area contributed by atoms with E-state index in [0.717, 1.165) is 17.7 Å². The highest BCUT2D eigenvalue weighted by atomic mass is 32.2. The minimum Gasteiger partial charge on any atom is -0.480 e. The molecule has 0 spiro atoms. The zero-order chi connectivity index (χ0) is 12.9. The number of carbonyl (C=O) groups is 2. The van der Waals surface area contributed by atoms with Crippen LogP contribution in [0, 0.1) is 12.3 Å². The summed E-state index contributed by atoms with van der Waals surface area (Å²) in [4.78, 5) is 23.4. The van der Waals surface area contributed by atoms with Crippen LogP contribution < -0.4 is 5.32 Å². The summed E-state index contributed by atoms with van der Waals surface area (Å²) in [5.74, 6) is 1.21. The van der Waals surface area contributed by atoms with Crippen LogP contribution in [-0.2, 0) is 4.79 Å². The summed E-state index contributed by atoms with van der Waals surface area (Å²) in [6, 6.07) is -0.411. The topological polar surface area (TPSA) is 69.6 Å². The molecule has 5 nitrogen and oxygen atoms in total. The number of nitrogens with one attached hydrogen (secondary N) is 1. The lowest BCUT2D eigenvalue weighted by atomic mass is 10.4. The van der Waals surface area contributed by atoms with Gasteiger partial charge in [-0.15, -0.1) is 6.42 Å². The number of urea groups is 1. The predicted molar refractivity (Wildman–Crippen MR) is 66.9 cm³/mol. The van der Waals surface area contributed by atoms with E-state index in [1.165, 1.54) is 0 Å². The minimum absolute atomic E-state index is 0.00437. The van der Waals surface area contributed by atoms with Gasteiger partial charge in [0.15, 0.2) is 0 Å². The molecule has 0 aromatic rings. The molecule has 0 bridgehead atoms. The van der Waals surface area contributed by atoms with E-state index in [2.05, 4.69) is 11.2 Å². The Morgan fingerprint density at radius 3 is 2.65 bits per heavy atom. The molecule has 17 heavy (non-hydrogen) atoms. The molecule has 2 amide bonds. The van der Waals surface area contributed by atoms with Crippen LogP contribution in [0.15, 0.2) is 0 Å².